The van der Waals surface area contributed by atoms with Crippen molar-refractivity contribution in [3.63, 3.8) is 0 Å². The number of thiophene rings is 1. The fraction of sp³-hybridized carbons (Fsp3) is 0.154. The first-order chi connectivity index (χ1) is 8.93. The van der Waals surface area contributed by atoms with Gasteiger partial charge in [0.2, 0.25) is 0 Å². The minimum atomic E-state index is -0.440. The maximum atomic E-state index is 11.6. The highest BCUT2D eigenvalue weighted by Gasteiger charge is 2.20. The van der Waals surface area contributed by atoms with Crippen LogP contribution in [0.3, 0.4) is 0 Å². The van der Waals surface area contributed by atoms with Gasteiger partial charge in [0, 0.05) is 14.9 Å². The minimum absolute atomic E-state index is 0.395. The van der Waals surface area contributed by atoms with E-state index in [0.29, 0.717) is 20.6 Å². The van der Waals surface area contributed by atoms with Crippen LogP contribution < -0.4 is 5.73 Å². The van der Waals surface area contributed by atoms with E-state index in [-0.39, 0.29) is 0 Å². The minimum Gasteiger partial charge on any atom is -0.465 e. The first-order valence-corrected chi connectivity index (χ1v) is 6.95. The smallest absolute Gasteiger partial charge is 0.350 e. The average Bonchev–Trinajstić information content (AvgIpc) is 2.64. The molecule has 0 atom stereocenters. The number of carbonyl (C=O) groups is 1. The molecular formula is C13H11Cl2NO2S. The topological polar surface area (TPSA) is 52.3 Å². The van der Waals surface area contributed by atoms with Crippen LogP contribution in [0.5, 0.6) is 0 Å². The molecule has 1 heterocycles. The quantitative estimate of drug-likeness (QED) is 0.836. The van der Waals surface area contributed by atoms with Crippen LogP contribution >= 0.6 is 34.5 Å². The predicted molar refractivity (Wildman–Crippen MR) is 80.3 cm³/mol. The van der Waals surface area contributed by atoms with Gasteiger partial charge in [0.1, 0.15) is 4.88 Å². The van der Waals surface area contributed by atoms with Gasteiger partial charge in [-0.15, -0.1) is 11.3 Å². The van der Waals surface area contributed by atoms with Gasteiger partial charge in [-0.3, -0.25) is 0 Å². The van der Waals surface area contributed by atoms with E-state index in [0.717, 1.165) is 16.0 Å². The van der Waals surface area contributed by atoms with Crippen molar-refractivity contribution < 1.29 is 9.53 Å². The lowest BCUT2D eigenvalue weighted by molar-refractivity contribution is 0.0607. The zero-order valence-corrected chi connectivity index (χ0v) is 12.6. The molecule has 0 spiro atoms. The Hall–Kier alpha value is -1.23. The molecule has 0 amide bonds. The van der Waals surface area contributed by atoms with Crippen LogP contribution in [-0.2, 0) is 4.74 Å². The molecule has 0 saturated carbocycles. The number of benzene rings is 1. The van der Waals surface area contributed by atoms with Gasteiger partial charge in [-0.25, -0.2) is 4.79 Å². The van der Waals surface area contributed by atoms with E-state index >= 15 is 0 Å². The Morgan fingerprint density at radius 1 is 1.26 bits per heavy atom. The third kappa shape index (κ3) is 2.71. The second-order valence-corrected chi connectivity index (χ2v) is 5.84. The molecule has 0 aliphatic carbocycles. The Balaban J connectivity index is 2.60. The Morgan fingerprint density at radius 3 is 2.37 bits per heavy atom. The van der Waals surface area contributed by atoms with Crippen LogP contribution in [0.25, 0.3) is 10.4 Å². The van der Waals surface area contributed by atoms with Crippen molar-refractivity contribution >= 4 is 46.2 Å². The number of methoxy groups -OCH3 is 1. The second kappa shape index (κ2) is 5.41. The van der Waals surface area contributed by atoms with Crippen molar-refractivity contribution in [3.8, 4) is 10.4 Å². The summed E-state index contributed by atoms with van der Waals surface area (Å²) in [6, 6.07) is 5.22. The number of anilines is 1. The lowest BCUT2D eigenvalue weighted by Crippen LogP contribution is -2.01. The molecule has 19 heavy (non-hydrogen) atoms. The Kier molecular flexibility index (Phi) is 4.04. The molecule has 0 aliphatic rings. The maximum absolute atomic E-state index is 11.6. The molecular weight excluding hydrogens is 305 g/mol. The molecule has 6 heteroatoms. The lowest BCUT2D eigenvalue weighted by Gasteiger charge is -2.02. The van der Waals surface area contributed by atoms with Gasteiger partial charge in [-0.05, 0) is 36.2 Å². The van der Waals surface area contributed by atoms with Gasteiger partial charge in [-0.1, -0.05) is 23.2 Å². The number of rotatable bonds is 2. The summed E-state index contributed by atoms with van der Waals surface area (Å²) in [4.78, 5) is 12.9. The van der Waals surface area contributed by atoms with E-state index < -0.39 is 5.97 Å². The fourth-order valence-corrected chi connectivity index (χ4v) is 3.39. The first kappa shape index (κ1) is 14.2. The molecule has 0 fully saturated rings. The second-order valence-electron chi connectivity index (χ2n) is 3.95. The highest BCUT2D eigenvalue weighted by Crippen LogP contribution is 2.40. The monoisotopic (exact) mass is 315 g/mol. The summed E-state index contributed by atoms with van der Waals surface area (Å²) in [5.74, 6) is -0.440. The van der Waals surface area contributed by atoms with Gasteiger partial charge >= 0.3 is 5.97 Å². The predicted octanol–water partition coefficient (Wildman–Crippen LogP) is 4.40. The Labute approximate surface area is 124 Å². The summed E-state index contributed by atoms with van der Waals surface area (Å²) >= 11 is 13.2. The van der Waals surface area contributed by atoms with E-state index in [1.54, 1.807) is 18.2 Å². The number of ether oxygens (including phenoxy) is 1. The van der Waals surface area contributed by atoms with E-state index in [1.807, 2.05) is 6.92 Å². The summed E-state index contributed by atoms with van der Waals surface area (Å²) in [5.41, 5.74) is 8.03. The lowest BCUT2D eigenvalue weighted by atomic mass is 10.1. The van der Waals surface area contributed by atoms with Crippen LogP contribution in [0.4, 0.5) is 5.69 Å². The maximum Gasteiger partial charge on any atom is 0.350 e. The molecule has 2 rings (SSSR count). The number of nitrogen functional groups attached to an aromatic ring is 1. The normalized spacial score (nSPS) is 10.5. The third-order valence-corrected chi connectivity index (χ3v) is 4.46. The van der Waals surface area contributed by atoms with E-state index in [9.17, 15) is 4.79 Å². The highest BCUT2D eigenvalue weighted by molar-refractivity contribution is 7.18. The Morgan fingerprint density at radius 2 is 1.84 bits per heavy atom. The third-order valence-electron chi connectivity index (χ3n) is 2.69. The number of esters is 1. The number of nitrogens with two attached hydrogens (primary N) is 1. The average molecular weight is 316 g/mol. The van der Waals surface area contributed by atoms with Crippen LogP contribution in [0.15, 0.2) is 18.2 Å². The van der Waals surface area contributed by atoms with Gasteiger partial charge in [0.15, 0.2) is 0 Å². The van der Waals surface area contributed by atoms with Crippen molar-refractivity contribution in [2.75, 3.05) is 12.8 Å². The SMILES string of the molecule is COC(=O)c1sc(-c2cc(Cl)cc(Cl)c2)c(C)c1N. The number of halogens is 2. The molecule has 0 radical (unpaired) electrons. The number of hydrogen-bond donors (Lipinski definition) is 1. The first-order valence-electron chi connectivity index (χ1n) is 5.37. The van der Waals surface area contributed by atoms with Gasteiger partial charge in [0.05, 0.1) is 12.8 Å². The van der Waals surface area contributed by atoms with Crippen molar-refractivity contribution in [1.82, 2.24) is 0 Å². The molecule has 1 aromatic heterocycles. The van der Waals surface area contributed by atoms with Gasteiger partial charge < -0.3 is 10.5 Å². The van der Waals surface area contributed by atoms with Gasteiger partial charge in [0.25, 0.3) is 0 Å². The van der Waals surface area contributed by atoms with Gasteiger partial charge in [-0.2, -0.15) is 0 Å². The van der Waals surface area contributed by atoms with Crippen molar-refractivity contribution in [3.05, 3.63) is 38.7 Å². The molecule has 2 aromatic rings. The van der Waals surface area contributed by atoms with E-state index in [4.69, 9.17) is 33.7 Å². The van der Waals surface area contributed by atoms with Crippen LogP contribution in [-0.4, -0.2) is 13.1 Å². The molecule has 100 valence electrons. The zero-order chi connectivity index (χ0) is 14.2. The molecule has 0 saturated heterocycles. The summed E-state index contributed by atoms with van der Waals surface area (Å²) < 4.78 is 4.71. The molecule has 3 nitrogen and oxygen atoms in total. The van der Waals surface area contributed by atoms with Crippen molar-refractivity contribution in [2.24, 2.45) is 0 Å². The highest BCUT2D eigenvalue weighted by atomic mass is 35.5. The molecule has 1 aromatic carbocycles. The van der Waals surface area contributed by atoms with Crippen LogP contribution in [0, 0.1) is 6.92 Å². The molecule has 0 aliphatic heterocycles. The van der Waals surface area contributed by atoms with E-state index in [1.165, 1.54) is 18.4 Å². The fourth-order valence-electron chi connectivity index (χ4n) is 1.73. The molecule has 0 bridgehead atoms. The van der Waals surface area contributed by atoms with Crippen LogP contribution in [0.1, 0.15) is 15.2 Å². The molecule has 2 N–H and O–H groups in total. The number of hydrogen-bond acceptors (Lipinski definition) is 4. The summed E-state index contributed by atoms with van der Waals surface area (Å²) in [6.45, 7) is 1.85. The Bertz CT molecular complexity index is 632. The largest absolute Gasteiger partial charge is 0.465 e. The summed E-state index contributed by atoms with van der Waals surface area (Å²) in [5, 5.41) is 1.07. The zero-order valence-electron chi connectivity index (χ0n) is 10.3. The summed E-state index contributed by atoms with van der Waals surface area (Å²) in [7, 11) is 1.33. The van der Waals surface area contributed by atoms with E-state index in [2.05, 4.69) is 0 Å². The van der Waals surface area contributed by atoms with Crippen molar-refractivity contribution in [1.29, 1.82) is 0 Å². The van der Waals surface area contributed by atoms with Crippen LogP contribution in [0.2, 0.25) is 10.0 Å². The number of carbonyl (C=O) groups excluding carboxylic acids is 1. The standard InChI is InChI=1S/C13H11Cl2NO2S/c1-6-10(16)12(13(17)18-2)19-11(6)7-3-8(14)5-9(15)4-7/h3-5H,16H2,1-2H3. The summed E-state index contributed by atoms with van der Waals surface area (Å²) in [6.07, 6.45) is 0. The molecule has 0 unspecified atom stereocenters. The van der Waals surface area contributed by atoms with Crippen molar-refractivity contribution in [2.45, 2.75) is 6.92 Å².